The molecule has 2 aromatic rings. The van der Waals surface area contributed by atoms with Gasteiger partial charge in [-0.2, -0.15) is 0 Å². The Morgan fingerprint density at radius 3 is 2.45 bits per heavy atom. The van der Waals surface area contributed by atoms with Gasteiger partial charge in [0.05, 0.1) is 0 Å². The summed E-state index contributed by atoms with van der Waals surface area (Å²) in [6, 6.07) is 12.0. The van der Waals surface area contributed by atoms with Gasteiger partial charge in [-0.3, -0.25) is 0 Å². The van der Waals surface area contributed by atoms with Gasteiger partial charge in [0, 0.05) is 0 Å². The summed E-state index contributed by atoms with van der Waals surface area (Å²) in [6.45, 7) is 9.04. The number of allylic oxidation sites excluding steroid dienone is 6. The van der Waals surface area contributed by atoms with E-state index in [4.69, 9.17) is 0 Å². The van der Waals surface area contributed by atoms with E-state index in [9.17, 15) is 0 Å². The van der Waals surface area contributed by atoms with Gasteiger partial charge < -0.3 is 0 Å². The molecule has 0 heteroatoms. The van der Waals surface area contributed by atoms with Crippen LogP contribution >= 0.6 is 0 Å². The number of aryl methyl sites for hydroxylation is 4. The van der Waals surface area contributed by atoms with Gasteiger partial charge in [0.25, 0.3) is 0 Å². The molecule has 0 amide bonds. The van der Waals surface area contributed by atoms with Crippen molar-refractivity contribution in [2.75, 3.05) is 0 Å². The first-order chi connectivity index (χ1) is 15.2. The van der Waals surface area contributed by atoms with Crippen LogP contribution in [-0.2, 0) is 32.1 Å². The van der Waals surface area contributed by atoms with E-state index in [0.29, 0.717) is 0 Å². The highest BCUT2D eigenvalue weighted by atomic mass is 14.3. The lowest BCUT2D eigenvalue weighted by atomic mass is 9.87. The predicted molar refractivity (Wildman–Crippen MR) is 134 cm³/mol. The molecule has 0 radical (unpaired) electrons. The molecule has 0 heterocycles. The zero-order chi connectivity index (χ0) is 21.4. The maximum absolute atomic E-state index is 4.50. The Hall–Kier alpha value is -2.60. The lowest BCUT2D eigenvalue weighted by Crippen LogP contribution is -2.03. The SMILES string of the molecule is C=C(CC1=CCC=C1C1=Cc2cc(CC)c(CC)cc2C1)c1ccc2c(c1)CCCC2. The normalized spacial score (nSPS) is 17.0. The van der Waals surface area contributed by atoms with Crippen molar-refractivity contribution in [3.63, 3.8) is 0 Å². The fourth-order valence-electron chi connectivity index (χ4n) is 5.67. The molecule has 0 aromatic heterocycles. The van der Waals surface area contributed by atoms with E-state index in [1.54, 1.807) is 11.1 Å². The highest BCUT2D eigenvalue weighted by molar-refractivity contribution is 5.75. The van der Waals surface area contributed by atoms with Crippen molar-refractivity contribution in [1.29, 1.82) is 0 Å². The largest absolute Gasteiger partial charge is 0.0949 e. The van der Waals surface area contributed by atoms with E-state index in [0.717, 1.165) is 32.1 Å². The van der Waals surface area contributed by atoms with Crippen molar-refractivity contribution >= 4 is 11.6 Å². The van der Waals surface area contributed by atoms with E-state index in [1.165, 1.54) is 75.8 Å². The van der Waals surface area contributed by atoms with Crippen molar-refractivity contribution in [2.24, 2.45) is 0 Å². The van der Waals surface area contributed by atoms with E-state index in [2.05, 4.69) is 69.0 Å². The monoisotopic (exact) mass is 406 g/mol. The quantitative estimate of drug-likeness (QED) is 0.456. The van der Waals surface area contributed by atoms with E-state index in [-0.39, 0.29) is 0 Å². The van der Waals surface area contributed by atoms with Crippen LogP contribution < -0.4 is 0 Å². The van der Waals surface area contributed by atoms with Crippen LogP contribution in [0.5, 0.6) is 0 Å². The zero-order valence-corrected chi connectivity index (χ0v) is 19.2. The van der Waals surface area contributed by atoms with Gasteiger partial charge in [0.1, 0.15) is 0 Å². The van der Waals surface area contributed by atoms with Crippen LogP contribution in [0.3, 0.4) is 0 Å². The number of hydrogen-bond donors (Lipinski definition) is 0. The van der Waals surface area contributed by atoms with Gasteiger partial charge in [-0.1, -0.05) is 69.0 Å². The Balaban J connectivity index is 1.34. The van der Waals surface area contributed by atoms with Crippen LogP contribution in [-0.4, -0.2) is 0 Å². The highest BCUT2D eigenvalue weighted by Gasteiger charge is 2.22. The van der Waals surface area contributed by atoms with Crippen LogP contribution in [0.2, 0.25) is 0 Å². The number of fused-ring (bicyclic) bond motifs is 2. The molecular weight excluding hydrogens is 372 g/mol. The van der Waals surface area contributed by atoms with Crippen molar-refractivity contribution in [1.82, 2.24) is 0 Å². The van der Waals surface area contributed by atoms with Gasteiger partial charge in [-0.05, 0) is 119 Å². The van der Waals surface area contributed by atoms with Crippen LogP contribution in [0.4, 0.5) is 0 Å². The third-order valence-corrected chi connectivity index (χ3v) is 7.47. The summed E-state index contributed by atoms with van der Waals surface area (Å²) in [4.78, 5) is 0. The molecule has 0 spiro atoms. The smallest absolute Gasteiger partial charge is 0.00136 e. The lowest BCUT2D eigenvalue weighted by molar-refractivity contribution is 0.685. The van der Waals surface area contributed by atoms with Crippen LogP contribution in [0, 0.1) is 0 Å². The molecule has 0 bridgehead atoms. The van der Waals surface area contributed by atoms with Crippen LogP contribution in [0.1, 0.15) is 78.5 Å². The number of benzene rings is 2. The molecule has 3 aliphatic carbocycles. The van der Waals surface area contributed by atoms with Gasteiger partial charge >= 0.3 is 0 Å². The first-order valence-corrected chi connectivity index (χ1v) is 12.2. The van der Waals surface area contributed by atoms with E-state index in [1.807, 2.05) is 0 Å². The van der Waals surface area contributed by atoms with Crippen molar-refractivity contribution in [2.45, 2.75) is 71.6 Å². The third-order valence-electron chi connectivity index (χ3n) is 7.47. The molecule has 0 atom stereocenters. The minimum atomic E-state index is 0.957. The maximum atomic E-state index is 4.50. The van der Waals surface area contributed by atoms with Crippen LogP contribution in [0.15, 0.2) is 65.8 Å². The summed E-state index contributed by atoms with van der Waals surface area (Å²) < 4.78 is 0. The summed E-state index contributed by atoms with van der Waals surface area (Å²) in [7, 11) is 0. The summed E-state index contributed by atoms with van der Waals surface area (Å²) in [5.41, 5.74) is 16.1. The third kappa shape index (κ3) is 3.89. The van der Waals surface area contributed by atoms with Gasteiger partial charge in [-0.25, -0.2) is 0 Å². The molecule has 2 aromatic carbocycles. The second-order valence-corrected chi connectivity index (χ2v) is 9.43. The van der Waals surface area contributed by atoms with Gasteiger partial charge in [0.2, 0.25) is 0 Å². The molecule has 0 N–H and O–H groups in total. The molecule has 158 valence electrons. The summed E-state index contributed by atoms with van der Waals surface area (Å²) in [5, 5.41) is 0. The molecule has 0 saturated heterocycles. The molecule has 0 aliphatic heterocycles. The fourth-order valence-corrected chi connectivity index (χ4v) is 5.67. The maximum Gasteiger partial charge on any atom is -0.00136 e. The van der Waals surface area contributed by atoms with Crippen molar-refractivity contribution in [3.05, 3.63) is 105 Å². The molecule has 0 unspecified atom stereocenters. The first-order valence-electron chi connectivity index (χ1n) is 12.2. The first kappa shape index (κ1) is 20.3. The average molecular weight is 407 g/mol. The Kier molecular flexibility index (Phi) is 5.57. The lowest BCUT2D eigenvalue weighted by Gasteiger charge is -2.18. The second kappa shape index (κ2) is 8.50. The molecule has 0 fully saturated rings. The summed E-state index contributed by atoms with van der Waals surface area (Å²) >= 11 is 0. The fraction of sp³-hybridized carbons (Fsp3) is 0.355. The Morgan fingerprint density at radius 2 is 1.65 bits per heavy atom. The topological polar surface area (TPSA) is 0 Å². The number of hydrogen-bond acceptors (Lipinski definition) is 0. The van der Waals surface area contributed by atoms with Gasteiger partial charge in [-0.15, -0.1) is 0 Å². The standard InChI is InChI=1S/C31H34/c1-4-22-16-28-19-30(20-29(28)17-23(22)5-2)31-12-8-11-27(31)15-21(3)25-14-13-24-9-6-7-10-26(24)18-25/h11-14,16-19H,3-10,15,20H2,1-2H3. The molecule has 0 saturated carbocycles. The zero-order valence-electron chi connectivity index (χ0n) is 19.2. The van der Waals surface area contributed by atoms with Crippen LogP contribution in [0.25, 0.3) is 11.6 Å². The molecular formula is C31H34. The van der Waals surface area contributed by atoms with E-state index >= 15 is 0 Å². The summed E-state index contributed by atoms with van der Waals surface area (Å²) in [5.74, 6) is 0. The molecule has 5 rings (SSSR count). The molecule has 31 heavy (non-hydrogen) atoms. The minimum absolute atomic E-state index is 0.957. The average Bonchev–Trinajstić information content (AvgIpc) is 3.43. The Morgan fingerprint density at radius 1 is 0.871 bits per heavy atom. The van der Waals surface area contributed by atoms with Crippen molar-refractivity contribution < 1.29 is 0 Å². The highest BCUT2D eigenvalue weighted by Crippen LogP contribution is 2.39. The Labute approximate surface area is 188 Å². The number of rotatable bonds is 6. The summed E-state index contributed by atoms with van der Waals surface area (Å²) in [6.07, 6.45) is 17.8. The minimum Gasteiger partial charge on any atom is -0.0949 e. The predicted octanol–water partition coefficient (Wildman–Crippen LogP) is 7.99. The molecule has 3 aliphatic rings. The Bertz CT molecular complexity index is 1130. The second-order valence-electron chi connectivity index (χ2n) is 9.43. The molecule has 0 nitrogen and oxygen atoms in total. The van der Waals surface area contributed by atoms with Gasteiger partial charge in [0.15, 0.2) is 0 Å². The van der Waals surface area contributed by atoms with Crippen molar-refractivity contribution in [3.8, 4) is 0 Å². The van der Waals surface area contributed by atoms with E-state index < -0.39 is 0 Å².